The minimum atomic E-state index is -0.663. The Kier molecular flexibility index (Phi) is 5.81. The molecule has 0 saturated carbocycles. The predicted molar refractivity (Wildman–Crippen MR) is 73.5 cm³/mol. The molecule has 2 N–H and O–H groups in total. The van der Waals surface area contributed by atoms with Crippen molar-refractivity contribution in [1.29, 1.82) is 0 Å². The molecule has 1 fully saturated rings. The average molecular weight is 272 g/mol. The van der Waals surface area contributed by atoms with E-state index in [-0.39, 0.29) is 35.7 Å². The second kappa shape index (κ2) is 6.71. The molecule has 1 rings (SSSR count). The van der Waals surface area contributed by atoms with Crippen molar-refractivity contribution in [2.75, 3.05) is 0 Å². The van der Waals surface area contributed by atoms with Gasteiger partial charge in [-0.2, -0.15) is 0 Å². The predicted octanol–water partition coefficient (Wildman–Crippen LogP) is 1.98. The van der Waals surface area contributed by atoms with Crippen LogP contribution in [0.4, 0.5) is 0 Å². The SMILES string of the molecule is CC[C@@H](O)[C@H](C)[C@H](O)[C@@H](C)[C@H]1OC(=O)[C@@H](C)C[C@H]1C. The second-order valence-electron chi connectivity index (χ2n) is 6.20. The van der Waals surface area contributed by atoms with Crippen molar-refractivity contribution in [2.24, 2.45) is 23.7 Å². The zero-order valence-corrected chi connectivity index (χ0v) is 12.7. The topological polar surface area (TPSA) is 66.8 Å². The lowest BCUT2D eigenvalue weighted by atomic mass is 9.78. The number of esters is 1. The van der Waals surface area contributed by atoms with E-state index in [2.05, 4.69) is 6.92 Å². The third-order valence-electron chi connectivity index (χ3n) is 4.56. The van der Waals surface area contributed by atoms with Gasteiger partial charge < -0.3 is 14.9 Å². The van der Waals surface area contributed by atoms with E-state index in [1.54, 1.807) is 0 Å². The Balaban J connectivity index is 2.70. The maximum absolute atomic E-state index is 11.7. The van der Waals surface area contributed by atoms with Gasteiger partial charge in [0, 0.05) is 11.8 Å². The highest BCUT2D eigenvalue weighted by Gasteiger charge is 2.40. The summed E-state index contributed by atoms with van der Waals surface area (Å²) >= 11 is 0. The standard InChI is InChI=1S/C15H28O4/c1-6-12(16)10(4)13(17)11(5)14-8(2)7-9(3)15(18)19-14/h8-14,16-17H,6-7H2,1-5H3/t8-,9+,10+,11-,12-,13+,14+/m1/s1. The molecule has 1 heterocycles. The average Bonchev–Trinajstić information content (AvgIpc) is 2.39. The van der Waals surface area contributed by atoms with E-state index in [1.165, 1.54) is 0 Å². The van der Waals surface area contributed by atoms with E-state index in [0.29, 0.717) is 6.42 Å². The van der Waals surface area contributed by atoms with Gasteiger partial charge in [-0.15, -0.1) is 0 Å². The number of hydrogen-bond acceptors (Lipinski definition) is 4. The summed E-state index contributed by atoms with van der Waals surface area (Å²) < 4.78 is 5.48. The van der Waals surface area contributed by atoms with E-state index in [9.17, 15) is 15.0 Å². The molecule has 7 atom stereocenters. The monoisotopic (exact) mass is 272 g/mol. The zero-order valence-electron chi connectivity index (χ0n) is 12.7. The van der Waals surface area contributed by atoms with Gasteiger partial charge in [-0.25, -0.2) is 0 Å². The smallest absolute Gasteiger partial charge is 0.308 e. The van der Waals surface area contributed by atoms with Crippen molar-refractivity contribution >= 4 is 5.97 Å². The van der Waals surface area contributed by atoms with Crippen LogP contribution in [0.25, 0.3) is 0 Å². The van der Waals surface area contributed by atoms with Gasteiger partial charge in [-0.1, -0.05) is 34.6 Å². The van der Waals surface area contributed by atoms with Crippen LogP contribution < -0.4 is 0 Å². The number of cyclic esters (lactones) is 1. The lowest BCUT2D eigenvalue weighted by Crippen LogP contribution is -2.46. The van der Waals surface area contributed by atoms with E-state index in [0.717, 1.165) is 6.42 Å². The Hall–Kier alpha value is -0.610. The first-order valence-corrected chi connectivity index (χ1v) is 7.36. The van der Waals surface area contributed by atoms with Crippen molar-refractivity contribution in [2.45, 2.75) is 65.8 Å². The van der Waals surface area contributed by atoms with Crippen molar-refractivity contribution < 1.29 is 19.7 Å². The quantitative estimate of drug-likeness (QED) is 0.751. The van der Waals surface area contributed by atoms with E-state index in [1.807, 2.05) is 27.7 Å². The molecule has 0 aromatic rings. The maximum Gasteiger partial charge on any atom is 0.308 e. The number of hydrogen-bond donors (Lipinski definition) is 2. The summed E-state index contributed by atoms with van der Waals surface area (Å²) in [6, 6.07) is 0. The molecule has 19 heavy (non-hydrogen) atoms. The first kappa shape index (κ1) is 16.4. The molecular formula is C15H28O4. The number of carbonyl (C=O) groups excluding carboxylic acids is 1. The largest absolute Gasteiger partial charge is 0.461 e. The first-order chi connectivity index (χ1) is 8.79. The van der Waals surface area contributed by atoms with Crippen LogP contribution >= 0.6 is 0 Å². The molecular weight excluding hydrogens is 244 g/mol. The number of rotatable bonds is 5. The van der Waals surface area contributed by atoms with E-state index in [4.69, 9.17) is 4.74 Å². The zero-order chi connectivity index (χ0) is 14.7. The van der Waals surface area contributed by atoms with Crippen LogP contribution in [0.2, 0.25) is 0 Å². The summed E-state index contributed by atoms with van der Waals surface area (Å²) in [7, 11) is 0. The molecule has 0 spiro atoms. The fourth-order valence-electron chi connectivity index (χ4n) is 3.05. The lowest BCUT2D eigenvalue weighted by Gasteiger charge is -2.39. The Morgan fingerprint density at radius 3 is 2.42 bits per heavy atom. The Labute approximate surface area is 116 Å². The molecule has 0 amide bonds. The summed E-state index contributed by atoms with van der Waals surface area (Å²) in [5, 5.41) is 20.2. The maximum atomic E-state index is 11.7. The number of aliphatic hydroxyl groups is 2. The van der Waals surface area contributed by atoms with Crippen molar-refractivity contribution in [3.05, 3.63) is 0 Å². The number of carbonyl (C=O) groups is 1. The summed E-state index contributed by atoms with van der Waals surface area (Å²) in [5.41, 5.74) is 0. The van der Waals surface area contributed by atoms with Crippen LogP contribution in [0.15, 0.2) is 0 Å². The molecule has 4 nitrogen and oxygen atoms in total. The third kappa shape index (κ3) is 3.69. The number of ether oxygens (including phenoxy) is 1. The van der Waals surface area contributed by atoms with Crippen LogP contribution in [-0.4, -0.2) is 34.5 Å². The molecule has 0 unspecified atom stereocenters. The molecule has 0 radical (unpaired) electrons. The second-order valence-corrected chi connectivity index (χ2v) is 6.20. The van der Waals surface area contributed by atoms with Gasteiger partial charge in [-0.3, -0.25) is 4.79 Å². The fraction of sp³-hybridized carbons (Fsp3) is 0.933. The summed E-state index contributed by atoms with van der Waals surface area (Å²) in [5.74, 6) is -0.378. The van der Waals surface area contributed by atoms with Crippen molar-refractivity contribution in [1.82, 2.24) is 0 Å². The summed E-state index contributed by atoms with van der Waals surface area (Å²) in [6.45, 7) is 9.56. The van der Waals surface area contributed by atoms with Gasteiger partial charge in [0.15, 0.2) is 0 Å². The van der Waals surface area contributed by atoms with Gasteiger partial charge in [-0.05, 0) is 18.8 Å². The minimum absolute atomic E-state index is 0.0609. The van der Waals surface area contributed by atoms with Gasteiger partial charge in [0.1, 0.15) is 6.10 Å². The normalized spacial score (nSPS) is 34.3. The molecule has 0 aromatic heterocycles. The molecule has 0 aliphatic carbocycles. The molecule has 1 aliphatic heterocycles. The first-order valence-electron chi connectivity index (χ1n) is 7.36. The van der Waals surface area contributed by atoms with E-state index >= 15 is 0 Å². The molecule has 0 aromatic carbocycles. The summed E-state index contributed by atoms with van der Waals surface area (Å²) in [6.07, 6.45) is -0.0347. The highest BCUT2D eigenvalue weighted by molar-refractivity contribution is 5.73. The van der Waals surface area contributed by atoms with Crippen LogP contribution in [0.5, 0.6) is 0 Å². The van der Waals surface area contributed by atoms with Crippen molar-refractivity contribution in [3.63, 3.8) is 0 Å². The van der Waals surface area contributed by atoms with Crippen LogP contribution in [0, 0.1) is 23.7 Å². The molecule has 0 bridgehead atoms. The van der Waals surface area contributed by atoms with Gasteiger partial charge in [0.05, 0.1) is 18.1 Å². The van der Waals surface area contributed by atoms with Crippen molar-refractivity contribution in [3.8, 4) is 0 Å². The van der Waals surface area contributed by atoms with Crippen LogP contribution in [-0.2, 0) is 9.53 Å². The lowest BCUT2D eigenvalue weighted by molar-refractivity contribution is -0.173. The Morgan fingerprint density at radius 1 is 1.32 bits per heavy atom. The fourth-order valence-corrected chi connectivity index (χ4v) is 3.05. The number of aliphatic hydroxyl groups excluding tert-OH is 2. The van der Waals surface area contributed by atoms with Gasteiger partial charge >= 0.3 is 5.97 Å². The third-order valence-corrected chi connectivity index (χ3v) is 4.56. The van der Waals surface area contributed by atoms with Gasteiger partial charge in [0.25, 0.3) is 0 Å². The Morgan fingerprint density at radius 2 is 1.89 bits per heavy atom. The van der Waals surface area contributed by atoms with E-state index < -0.39 is 12.2 Å². The minimum Gasteiger partial charge on any atom is -0.461 e. The molecule has 4 heteroatoms. The Bertz CT molecular complexity index is 305. The molecule has 1 aliphatic rings. The highest BCUT2D eigenvalue weighted by atomic mass is 16.5. The molecule has 1 saturated heterocycles. The summed E-state index contributed by atoms with van der Waals surface area (Å²) in [4.78, 5) is 11.7. The van der Waals surface area contributed by atoms with Gasteiger partial charge in [0.2, 0.25) is 0 Å². The molecule has 112 valence electrons. The van der Waals surface area contributed by atoms with Crippen LogP contribution in [0.3, 0.4) is 0 Å². The highest BCUT2D eigenvalue weighted by Crippen LogP contribution is 2.33. The van der Waals surface area contributed by atoms with Crippen LogP contribution in [0.1, 0.15) is 47.5 Å².